The van der Waals surface area contributed by atoms with E-state index in [1.54, 1.807) is 39.4 Å². The highest BCUT2D eigenvalue weighted by atomic mass is 32.2. The molecule has 0 unspecified atom stereocenters. The number of rotatable bonds is 5. The first kappa shape index (κ1) is 25.2. The van der Waals surface area contributed by atoms with Gasteiger partial charge in [-0.25, -0.2) is 4.98 Å². The number of thioether (sulfide) groups is 1. The maximum absolute atomic E-state index is 13.9. The first-order chi connectivity index (χ1) is 17.8. The minimum atomic E-state index is -0.135. The molecule has 1 fully saturated rings. The van der Waals surface area contributed by atoms with Crippen LogP contribution in [0, 0.1) is 27.7 Å². The zero-order chi connectivity index (χ0) is 26.1. The Balaban J connectivity index is 1.62. The van der Waals surface area contributed by atoms with E-state index in [4.69, 9.17) is 9.72 Å². The van der Waals surface area contributed by atoms with Crippen LogP contribution in [0.3, 0.4) is 0 Å². The van der Waals surface area contributed by atoms with Crippen molar-refractivity contribution in [2.45, 2.75) is 38.6 Å². The molecular weight excluding hydrogens is 482 g/mol. The fraction of sp³-hybridized carbons (Fsp3) is 0.300. The fourth-order valence-corrected chi connectivity index (χ4v) is 5.83. The Labute approximate surface area is 221 Å². The number of amides is 1. The summed E-state index contributed by atoms with van der Waals surface area (Å²) in [6.45, 7) is 10.5. The molecule has 0 bridgehead atoms. The van der Waals surface area contributed by atoms with Gasteiger partial charge in [0.1, 0.15) is 0 Å². The Morgan fingerprint density at radius 3 is 2.38 bits per heavy atom. The molecule has 3 aromatic carbocycles. The minimum absolute atomic E-state index is 0.0601. The molecular formula is C30H31N3O3S. The predicted octanol–water partition coefficient (Wildman–Crippen LogP) is 5.38. The molecule has 0 saturated carbocycles. The highest BCUT2D eigenvalue weighted by Crippen LogP contribution is 2.27. The normalized spacial score (nSPS) is 13.8. The van der Waals surface area contributed by atoms with E-state index in [2.05, 4.69) is 38.1 Å². The Bertz CT molecular complexity index is 1530. The zero-order valence-electron chi connectivity index (χ0n) is 21.7. The zero-order valence-corrected chi connectivity index (χ0v) is 22.5. The van der Waals surface area contributed by atoms with Gasteiger partial charge in [0.2, 0.25) is 0 Å². The van der Waals surface area contributed by atoms with E-state index in [1.807, 2.05) is 26.0 Å². The summed E-state index contributed by atoms with van der Waals surface area (Å²) in [7, 11) is 0. The largest absolute Gasteiger partial charge is 0.378 e. The number of carbonyl (C=O) groups excluding carboxylic acids is 1. The van der Waals surface area contributed by atoms with Gasteiger partial charge in [0.25, 0.3) is 11.5 Å². The molecule has 1 aromatic heterocycles. The molecule has 0 radical (unpaired) electrons. The van der Waals surface area contributed by atoms with Gasteiger partial charge in [-0.15, -0.1) is 0 Å². The molecule has 0 atom stereocenters. The Kier molecular flexibility index (Phi) is 7.17. The van der Waals surface area contributed by atoms with Crippen molar-refractivity contribution in [2.24, 2.45) is 0 Å². The molecule has 6 nitrogen and oxygen atoms in total. The smallest absolute Gasteiger partial charge is 0.266 e. The number of carbonyl (C=O) groups is 1. The fourth-order valence-electron chi connectivity index (χ4n) is 4.75. The van der Waals surface area contributed by atoms with Crippen molar-refractivity contribution in [3.8, 4) is 5.69 Å². The number of ether oxygens (including phenoxy) is 1. The standard InChI is InChI=1S/C30H31N3O3S/c1-19-5-6-22(4)24(14-19)18-37-30-31-27-17-23(28(34)32-9-11-36-12-10-32)7-8-26(27)29(35)33(30)25-15-20(2)13-21(3)16-25/h5-8,13-17H,9-12,18H2,1-4H3. The number of nitrogens with zero attached hydrogens (tertiary/aromatic N) is 3. The maximum Gasteiger partial charge on any atom is 0.266 e. The molecule has 1 aliphatic heterocycles. The van der Waals surface area contributed by atoms with Gasteiger partial charge in [-0.1, -0.05) is 41.6 Å². The first-order valence-corrected chi connectivity index (χ1v) is 13.5. The van der Waals surface area contributed by atoms with Gasteiger partial charge in [-0.05, 0) is 80.3 Å². The summed E-state index contributed by atoms with van der Waals surface area (Å²) in [5.41, 5.74) is 7.52. The summed E-state index contributed by atoms with van der Waals surface area (Å²) in [6.07, 6.45) is 0. The maximum atomic E-state index is 13.9. The van der Waals surface area contributed by atoms with E-state index in [9.17, 15) is 9.59 Å². The monoisotopic (exact) mass is 513 g/mol. The van der Waals surface area contributed by atoms with E-state index in [-0.39, 0.29) is 11.5 Å². The quantitative estimate of drug-likeness (QED) is 0.265. The molecule has 190 valence electrons. The van der Waals surface area contributed by atoms with Crippen molar-refractivity contribution >= 4 is 28.6 Å². The molecule has 2 heterocycles. The highest BCUT2D eigenvalue weighted by Gasteiger charge is 2.21. The van der Waals surface area contributed by atoms with Gasteiger partial charge >= 0.3 is 0 Å². The lowest BCUT2D eigenvalue weighted by Crippen LogP contribution is -2.40. The second kappa shape index (κ2) is 10.5. The number of hydrogen-bond acceptors (Lipinski definition) is 5. The third kappa shape index (κ3) is 5.33. The van der Waals surface area contributed by atoms with Gasteiger partial charge in [0.05, 0.1) is 29.8 Å². The molecule has 1 saturated heterocycles. The van der Waals surface area contributed by atoms with Crippen LogP contribution in [-0.4, -0.2) is 46.7 Å². The third-order valence-corrected chi connectivity index (χ3v) is 7.70. The second-order valence-corrected chi connectivity index (χ2v) is 10.7. The summed E-state index contributed by atoms with van der Waals surface area (Å²) in [5.74, 6) is 0.623. The van der Waals surface area contributed by atoms with Gasteiger partial charge in [-0.2, -0.15) is 0 Å². The molecule has 0 spiro atoms. The number of morpholine rings is 1. The number of aryl methyl sites for hydroxylation is 4. The molecule has 1 amide bonds. The average molecular weight is 514 g/mol. The van der Waals surface area contributed by atoms with E-state index < -0.39 is 0 Å². The minimum Gasteiger partial charge on any atom is -0.378 e. The van der Waals surface area contributed by atoms with Crippen molar-refractivity contribution < 1.29 is 9.53 Å². The molecule has 1 aliphatic rings. The van der Waals surface area contributed by atoms with Crippen molar-refractivity contribution in [1.82, 2.24) is 14.5 Å². The van der Waals surface area contributed by atoms with Crippen LogP contribution in [0.2, 0.25) is 0 Å². The predicted molar refractivity (Wildman–Crippen MR) is 149 cm³/mol. The lowest BCUT2D eigenvalue weighted by Gasteiger charge is -2.26. The SMILES string of the molecule is Cc1cc(C)cc(-n2c(SCc3cc(C)ccc3C)nc3cc(C(=O)N4CCOCC4)ccc3c2=O)c1. The van der Waals surface area contributed by atoms with Crippen LogP contribution in [0.1, 0.15) is 38.2 Å². The van der Waals surface area contributed by atoms with Gasteiger partial charge in [0, 0.05) is 24.4 Å². The molecule has 4 aromatic rings. The van der Waals surface area contributed by atoms with Crippen LogP contribution < -0.4 is 5.56 Å². The van der Waals surface area contributed by atoms with Crippen LogP contribution in [0.4, 0.5) is 0 Å². The first-order valence-electron chi connectivity index (χ1n) is 12.5. The van der Waals surface area contributed by atoms with Gasteiger partial charge in [-0.3, -0.25) is 14.2 Å². The van der Waals surface area contributed by atoms with Crippen LogP contribution in [0.15, 0.2) is 64.5 Å². The lowest BCUT2D eigenvalue weighted by molar-refractivity contribution is 0.0303. The van der Waals surface area contributed by atoms with E-state index >= 15 is 0 Å². The second-order valence-electron chi connectivity index (χ2n) is 9.74. The van der Waals surface area contributed by atoms with Gasteiger partial charge in [0.15, 0.2) is 5.16 Å². The lowest BCUT2D eigenvalue weighted by atomic mass is 10.1. The summed E-state index contributed by atoms with van der Waals surface area (Å²) in [4.78, 5) is 33.7. The summed E-state index contributed by atoms with van der Waals surface area (Å²) in [5, 5.41) is 1.10. The van der Waals surface area contributed by atoms with E-state index in [1.165, 1.54) is 16.7 Å². The highest BCUT2D eigenvalue weighted by molar-refractivity contribution is 7.98. The van der Waals surface area contributed by atoms with Crippen molar-refractivity contribution in [2.75, 3.05) is 26.3 Å². The summed E-state index contributed by atoms with van der Waals surface area (Å²) in [6, 6.07) is 17.8. The van der Waals surface area contributed by atoms with E-state index in [0.717, 1.165) is 16.8 Å². The third-order valence-electron chi connectivity index (χ3n) is 6.71. The van der Waals surface area contributed by atoms with Crippen molar-refractivity contribution in [3.63, 3.8) is 0 Å². The summed E-state index contributed by atoms with van der Waals surface area (Å²) < 4.78 is 7.10. The van der Waals surface area contributed by atoms with E-state index in [0.29, 0.717) is 53.7 Å². The Morgan fingerprint density at radius 2 is 1.65 bits per heavy atom. The number of aromatic nitrogens is 2. The molecule has 37 heavy (non-hydrogen) atoms. The van der Waals surface area contributed by atoms with Crippen LogP contribution in [0.25, 0.3) is 16.6 Å². The van der Waals surface area contributed by atoms with Crippen LogP contribution in [-0.2, 0) is 10.5 Å². The Hall–Kier alpha value is -3.42. The number of hydrogen-bond donors (Lipinski definition) is 0. The van der Waals surface area contributed by atoms with Crippen LogP contribution in [0.5, 0.6) is 0 Å². The van der Waals surface area contributed by atoms with Crippen molar-refractivity contribution in [1.29, 1.82) is 0 Å². The summed E-state index contributed by atoms with van der Waals surface area (Å²) >= 11 is 1.54. The topological polar surface area (TPSA) is 64.4 Å². The van der Waals surface area contributed by atoms with Crippen LogP contribution >= 0.6 is 11.8 Å². The molecule has 5 rings (SSSR count). The molecule has 0 N–H and O–H groups in total. The Morgan fingerprint density at radius 1 is 0.919 bits per heavy atom. The molecule has 7 heteroatoms. The number of benzene rings is 3. The van der Waals surface area contributed by atoms with Gasteiger partial charge < -0.3 is 9.64 Å². The average Bonchev–Trinajstić information content (AvgIpc) is 2.88. The number of fused-ring (bicyclic) bond motifs is 1. The van der Waals surface area contributed by atoms with Crippen molar-refractivity contribution in [3.05, 3.63) is 98.3 Å². The molecule has 0 aliphatic carbocycles.